The van der Waals surface area contributed by atoms with E-state index < -0.39 is 0 Å². The number of methoxy groups -OCH3 is 1. The molecular weight excluding hydrogens is 370 g/mol. The molecule has 134 valence electrons. The Morgan fingerprint density at radius 3 is 2.85 bits per heavy atom. The largest absolute Gasteiger partial charge is 0.497 e. The second kappa shape index (κ2) is 8.78. The number of nitrogens with one attached hydrogen (secondary N) is 1. The SMILES string of the molecule is COc1cccc(NC(=O)CSc2nccn2Cc2ccc(Cl)cc2)c1. The zero-order valence-electron chi connectivity index (χ0n) is 14.2. The summed E-state index contributed by atoms with van der Waals surface area (Å²) >= 11 is 7.32. The van der Waals surface area contributed by atoms with Crippen LogP contribution in [0, 0.1) is 0 Å². The molecule has 0 aliphatic heterocycles. The Morgan fingerprint density at radius 2 is 2.08 bits per heavy atom. The van der Waals surface area contributed by atoms with E-state index in [4.69, 9.17) is 16.3 Å². The van der Waals surface area contributed by atoms with Gasteiger partial charge in [0.1, 0.15) is 5.75 Å². The first-order valence-corrected chi connectivity index (χ1v) is 9.32. The summed E-state index contributed by atoms with van der Waals surface area (Å²) in [6, 6.07) is 15.0. The molecule has 0 radical (unpaired) electrons. The average Bonchev–Trinajstić information content (AvgIpc) is 3.09. The molecule has 1 heterocycles. The van der Waals surface area contributed by atoms with Gasteiger partial charge in [-0.2, -0.15) is 0 Å². The normalized spacial score (nSPS) is 10.5. The lowest BCUT2D eigenvalue weighted by Crippen LogP contribution is -2.14. The summed E-state index contributed by atoms with van der Waals surface area (Å²) in [4.78, 5) is 16.5. The molecule has 5 nitrogen and oxygen atoms in total. The number of ether oxygens (including phenoxy) is 1. The number of amides is 1. The molecule has 0 saturated heterocycles. The number of benzene rings is 2. The van der Waals surface area contributed by atoms with Crippen molar-refractivity contribution in [3.05, 3.63) is 71.5 Å². The lowest BCUT2D eigenvalue weighted by Gasteiger charge is -2.09. The van der Waals surface area contributed by atoms with E-state index >= 15 is 0 Å². The van der Waals surface area contributed by atoms with Gasteiger partial charge in [0.15, 0.2) is 5.16 Å². The molecule has 0 bridgehead atoms. The van der Waals surface area contributed by atoms with Crippen molar-refractivity contribution in [3.63, 3.8) is 0 Å². The van der Waals surface area contributed by atoms with Crippen LogP contribution < -0.4 is 10.1 Å². The summed E-state index contributed by atoms with van der Waals surface area (Å²) in [5.74, 6) is 0.882. The van der Waals surface area contributed by atoms with Crippen molar-refractivity contribution in [2.45, 2.75) is 11.7 Å². The van der Waals surface area contributed by atoms with Crippen LogP contribution in [0.1, 0.15) is 5.56 Å². The van der Waals surface area contributed by atoms with Crippen molar-refractivity contribution in [1.29, 1.82) is 0 Å². The van der Waals surface area contributed by atoms with Gasteiger partial charge in [-0.05, 0) is 29.8 Å². The summed E-state index contributed by atoms with van der Waals surface area (Å²) < 4.78 is 7.16. The van der Waals surface area contributed by atoms with Crippen molar-refractivity contribution >= 4 is 35.0 Å². The number of halogens is 1. The zero-order chi connectivity index (χ0) is 18.4. The molecule has 0 spiro atoms. The third-order valence-corrected chi connectivity index (χ3v) is 4.89. The maximum atomic E-state index is 12.2. The maximum Gasteiger partial charge on any atom is 0.234 e. The monoisotopic (exact) mass is 387 g/mol. The Bertz CT molecular complexity index is 881. The van der Waals surface area contributed by atoms with Crippen LogP contribution in [0.3, 0.4) is 0 Å². The highest BCUT2D eigenvalue weighted by Gasteiger charge is 2.09. The molecule has 1 amide bonds. The number of hydrogen-bond donors (Lipinski definition) is 1. The summed E-state index contributed by atoms with van der Waals surface area (Å²) in [6.07, 6.45) is 3.63. The second-order valence-electron chi connectivity index (χ2n) is 5.53. The van der Waals surface area contributed by atoms with E-state index in [2.05, 4.69) is 10.3 Å². The van der Waals surface area contributed by atoms with Crippen LogP contribution in [0.25, 0.3) is 0 Å². The smallest absolute Gasteiger partial charge is 0.234 e. The number of aromatic nitrogens is 2. The first kappa shape index (κ1) is 18.4. The third-order valence-electron chi connectivity index (χ3n) is 3.63. The van der Waals surface area contributed by atoms with Crippen LogP contribution >= 0.6 is 23.4 Å². The molecule has 0 saturated carbocycles. The minimum absolute atomic E-state index is 0.0932. The number of hydrogen-bond acceptors (Lipinski definition) is 4. The van der Waals surface area contributed by atoms with Gasteiger partial charge in [-0.25, -0.2) is 4.98 Å². The van der Waals surface area contributed by atoms with Crippen LogP contribution in [0.2, 0.25) is 5.02 Å². The van der Waals surface area contributed by atoms with E-state index in [0.717, 1.165) is 10.7 Å². The molecule has 0 atom stereocenters. The molecule has 7 heteroatoms. The molecule has 0 aliphatic rings. The van der Waals surface area contributed by atoms with Crippen LogP contribution in [0.15, 0.2) is 66.1 Å². The topological polar surface area (TPSA) is 56.1 Å². The number of carbonyl (C=O) groups is 1. The highest BCUT2D eigenvalue weighted by atomic mass is 35.5. The number of thioether (sulfide) groups is 1. The minimum atomic E-state index is -0.0932. The standard InChI is InChI=1S/C19H18ClN3O2S/c1-25-17-4-2-3-16(11-17)22-18(24)13-26-19-21-9-10-23(19)12-14-5-7-15(20)8-6-14/h2-11H,12-13H2,1H3,(H,22,24). The van der Waals surface area contributed by atoms with E-state index in [1.807, 2.05) is 53.2 Å². The fourth-order valence-electron chi connectivity index (χ4n) is 2.37. The highest BCUT2D eigenvalue weighted by Crippen LogP contribution is 2.20. The van der Waals surface area contributed by atoms with Gasteiger partial charge in [0.25, 0.3) is 0 Å². The van der Waals surface area contributed by atoms with E-state index in [1.54, 1.807) is 19.4 Å². The van der Waals surface area contributed by atoms with Gasteiger partial charge >= 0.3 is 0 Å². The van der Waals surface area contributed by atoms with Crippen LogP contribution in [-0.4, -0.2) is 28.3 Å². The molecule has 26 heavy (non-hydrogen) atoms. The van der Waals surface area contributed by atoms with Gasteiger partial charge in [0.05, 0.1) is 12.9 Å². The molecular formula is C19H18ClN3O2S. The summed E-state index contributed by atoms with van der Waals surface area (Å²) in [6.45, 7) is 0.678. The molecule has 1 aromatic heterocycles. The molecule has 3 aromatic rings. The van der Waals surface area contributed by atoms with E-state index in [1.165, 1.54) is 11.8 Å². The van der Waals surface area contributed by atoms with Gasteiger partial charge in [0.2, 0.25) is 5.91 Å². The number of imidazole rings is 1. The Labute approximate surface area is 161 Å². The fraction of sp³-hybridized carbons (Fsp3) is 0.158. The molecule has 0 aliphatic carbocycles. The van der Waals surface area contributed by atoms with Gasteiger partial charge in [-0.1, -0.05) is 41.6 Å². The first-order chi connectivity index (χ1) is 12.6. The second-order valence-corrected chi connectivity index (χ2v) is 6.91. The number of anilines is 1. The van der Waals surface area contributed by atoms with Crippen molar-refractivity contribution in [2.75, 3.05) is 18.2 Å². The minimum Gasteiger partial charge on any atom is -0.497 e. The van der Waals surface area contributed by atoms with Crippen LogP contribution in [0.4, 0.5) is 5.69 Å². The summed E-state index contributed by atoms with van der Waals surface area (Å²) in [7, 11) is 1.59. The predicted octanol–water partition coefficient (Wildman–Crippen LogP) is 4.32. The van der Waals surface area contributed by atoms with Crippen molar-refractivity contribution in [3.8, 4) is 5.75 Å². The molecule has 0 unspecified atom stereocenters. The van der Waals surface area contributed by atoms with Crippen molar-refractivity contribution < 1.29 is 9.53 Å². The zero-order valence-corrected chi connectivity index (χ0v) is 15.8. The summed E-state index contributed by atoms with van der Waals surface area (Å²) in [5, 5.41) is 4.37. The van der Waals surface area contributed by atoms with Gasteiger partial charge in [-0.3, -0.25) is 4.79 Å². The quantitative estimate of drug-likeness (QED) is 0.613. The van der Waals surface area contributed by atoms with Gasteiger partial charge < -0.3 is 14.6 Å². The van der Waals surface area contributed by atoms with Crippen molar-refractivity contribution in [2.24, 2.45) is 0 Å². The number of nitrogens with zero attached hydrogens (tertiary/aromatic N) is 2. The van der Waals surface area contributed by atoms with Crippen LogP contribution in [-0.2, 0) is 11.3 Å². The van der Waals surface area contributed by atoms with Gasteiger partial charge in [0, 0.05) is 35.7 Å². The molecule has 1 N–H and O–H groups in total. The highest BCUT2D eigenvalue weighted by molar-refractivity contribution is 7.99. The third kappa shape index (κ3) is 5.03. The average molecular weight is 388 g/mol. The Kier molecular flexibility index (Phi) is 6.20. The predicted molar refractivity (Wildman–Crippen MR) is 105 cm³/mol. The lowest BCUT2D eigenvalue weighted by atomic mass is 10.2. The molecule has 2 aromatic carbocycles. The van der Waals surface area contributed by atoms with Crippen molar-refractivity contribution in [1.82, 2.24) is 9.55 Å². The fourth-order valence-corrected chi connectivity index (χ4v) is 3.26. The van der Waals surface area contributed by atoms with E-state index in [9.17, 15) is 4.79 Å². The Morgan fingerprint density at radius 1 is 1.27 bits per heavy atom. The first-order valence-electron chi connectivity index (χ1n) is 7.96. The van der Waals surface area contributed by atoms with Crippen LogP contribution in [0.5, 0.6) is 5.75 Å². The van der Waals surface area contributed by atoms with Gasteiger partial charge in [-0.15, -0.1) is 0 Å². The Balaban J connectivity index is 1.57. The molecule has 0 fully saturated rings. The molecule has 3 rings (SSSR count). The Hall–Kier alpha value is -2.44. The van der Waals surface area contributed by atoms with E-state index in [-0.39, 0.29) is 11.7 Å². The number of carbonyl (C=O) groups excluding carboxylic acids is 1. The van der Waals surface area contributed by atoms with E-state index in [0.29, 0.717) is 23.0 Å². The number of rotatable bonds is 7. The summed E-state index contributed by atoms with van der Waals surface area (Å²) in [5.41, 5.74) is 1.83. The maximum absolute atomic E-state index is 12.2. The lowest BCUT2D eigenvalue weighted by molar-refractivity contribution is -0.113.